The van der Waals surface area contributed by atoms with Crippen LogP contribution in [-0.4, -0.2) is 47.7 Å². The largest absolute Gasteiger partial charge is 0.497 e. The summed E-state index contributed by atoms with van der Waals surface area (Å²) in [5, 5.41) is 3.85. The fourth-order valence-electron chi connectivity index (χ4n) is 3.50. The van der Waals surface area contributed by atoms with Crippen LogP contribution in [0.15, 0.2) is 47.6 Å². The number of carbonyl (C=O) groups is 2. The Bertz CT molecular complexity index is 847. The first-order valence-corrected chi connectivity index (χ1v) is 11.3. The molecule has 0 aliphatic carbocycles. The number of pyridine rings is 1. The topological polar surface area (TPSA) is 71.5 Å². The SMILES string of the molecule is COc1ccc(C(NC(=O)CSc2ccc(C(=O)N3CCCC3)cn2)C(C)C)cc1. The average Bonchev–Trinajstić information content (AvgIpc) is 3.31. The highest BCUT2D eigenvalue weighted by Gasteiger charge is 2.20. The molecular formula is C23H29N3O3S. The summed E-state index contributed by atoms with van der Waals surface area (Å²) in [5.41, 5.74) is 1.65. The van der Waals surface area contributed by atoms with Crippen molar-refractivity contribution in [1.82, 2.24) is 15.2 Å². The van der Waals surface area contributed by atoms with Gasteiger partial charge in [-0.1, -0.05) is 37.7 Å². The Labute approximate surface area is 182 Å². The fourth-order valence-corrected chi connectivity index (χ4v) is 4.15. The molecule has 160 valence electrons. The Balaban J connectivity index is 1.54. The Morgan fingerprint density at radius 2 is 1.83 bits per heavy atom. The van der Waals surface area contributed by atoms with Crippen molar-refractivity contribution in [3.8, 4) is 5.75 Å². The Hall–Kier alpha value is -2.54. The standard InChI is InChI=1S/C23H29N3O3S/c1-16(2)22(17-6-9-19(29-3)10-7-17)25-20(27)15-30-21-11-8-18(14-24-21)23(28)26-12-4-5-13-26/h6-11,14,16,22H,4-5,12-13,15H2,1-3H3,(H,25,27). The minimum Gasteiger partial charge on any atom is -0.497 e. The Morgan fingerprint density at radius 3 is 2.40 bits per heavy atom. The van der Waals surface area contributed by atoms with E-state index in [-0.39, 0.29) is 29.5 Å². The van der Waals surface area contributed by atoms with Gasteiger partial charge in [-0.2, -0.15) is 0 Å². The minimum absolute atomic E-state index is 0.0357. The van der Waals surface area contributed by atoms with Gasteiger partial charge in [0.15, 0.2) is 0 Å². The van der Waals surface area contributed by atoms with Gasteiger partial charge in [0.1, 0.15) is 5.75 Å². The van der Waals surface area contributed by atoms with Crippen molar-refractivity contribution in [2.24, 2.45) is 5.92 Å². The maximum Gasteiger partial charge on any atom is 0.255 e. The van der Waals surface area contributed by atoms with Crippen molar-refractivity contribution in [1.29, 1.82) is 0 Å². The number of nitrogens with one attached hydrogen (secondary N) is 1. The third-order valence-corrected chi connectivity index (χ3v) is 6.13. The molecule has 1 unspecified atom stereocenters. The highest BCUT2D eigenvalue weighted by Crippen LogP contribution is 2.24. The van der Waals surface area contributed by atoms with Gasteiger partial charge in [0.25, 0.3) is 5.91 Å². The second-order valence-corrected chi connectivity index (χ2v) is 8.73. The third kappa shape index (κ3) is 5.75. The van der Waals surface area contributed by atoms with E-state index in [1.165, 1.54) is 11.8 Å². The predicted molar refractivity (Wildman–Crippen MR) is 119 cm³/mol. The number of methoxy groups -OCH3 is 1. The number of carbonyl (C=O) groups excluding carboxylic acids is 2. The molecule has 1 aromatic heterocycles. The van der Waals surface area contributed by atoms with Crippen molar-refractivity contribution >= 4 is 23.6 Å². The molecule has 0 spiro atoms. The molecule has 6 nitrogen and oxygen atoms in total. The number of hydrogen-bond donors (Lipinski definition) is 1. The lowest BCUT2D eigenvalue weighted by Gasteiger charge is -2.23. The van der Waals surface area contributed by atoms with E-state index >= 15 is 0 Å². The molecule has 0 radical (unpaired) electrons. The monoisotopic (exact) mass is 427 g/mol. The molecule has 3 rings (SSSR count). The summed E-state index contributed by atoms with van der Waals surface area (Å²) in [6.45, 7) is 5.81. The number of rotatable bonds is 8. The molecule has 30 heavy (non-hydrogen) atoms. The lowest BCUT2D eigenvalue weighted by atomic mass is 9.96. The molecule has 2 amide bonds. The molecule has 2 heterocycles. The summed E-state index contributed by atoms with van der Waals surface area (Å²) in [6.07, 6.45) is 3.74. The van der Waals surface area contributed by atoms with Crippen LogP contribution in [0.4, 0.5) is 0 Å². The zero-order valence-corrected chi connectivity index (χ0v) is 18.6. The second kappa shape index (κ2) is 10.5. The number of amides is 2. The first kappa shape index (κ1) is 22.2. The van der Waals surface area contributed by atoms with Crippen molar-refractivity contribution < 1.29 is 14.3 Å². The van der Waals surface area contributed by atoms with Gasteiger partial charge in [0.05, 0.1) is 29.5 Å². The van der Waals surface area contributed by atoms with E-state index in [1.54, 1.807) is 19.4 Å². The first-order chi connectivity index (χ1) is 14.5. The van der Waals surface area contributed by atoms with Crippen molar-refractivity contribution in [3.05, 3.63) is 53.7 Å². The van der Waals surface area contributed by atoms with Crippen LogP contribution in [0.5, 0.6) is 5.75 Å². The number of benzene rings is 1. The van der Waals surface area contributed by atoms with Gasteiger partial charge >= 0.3 is 0 Å². The van der Waals surface area contributed by atoms with Crippen molar-refractivity contribution in [2.75, 3.05) is 26.0 Å². The predicted octanol–water partition coefficient (Wildman–Crippen LogP) is 3.93. The normalized spacial score (nSPS) is 14.6. The number of likely N-dealkylation sites (tertiary alicyclic amines) is 1. The quantitative estimate of drug-likeness (QED) is 0.646. The molecule has 1 aliphatic rings. The van der Waals surface area contributed by atoms with Gasteiger partial charge in [0, 0.05) is 19.3 Å². The molecule has 1 N–H and O–H groups in total. The Kier molecular flexibility index (Phi) is 7.74. The van der Waals surface area contributed by atoms with E-state index in [4.69, 9.17) is 4.74 Å². The molecule has 7 heteroatoms. The second-order valence-electron chi connectivity index (χ2n) is 7.74. The molecule has 1 aliphatic heterocycles. The summed E-state index contributed by atoms with van der Waals surface area (Å²) in [4.78, 5) is 31.1. The van der Waals surface area contributed by atoms with Crippen LogP contribution >= 0.6 is 11.8 Å². The molecule has 1 atom stereocenters. The van der Waals surface area contributed by atoms with E-state index < -0.39 is 0 Å². The molecule has 0 bridgehead atoms. The van der Waals surface area contributed by atoms with Crippen LogP contribution in [0.25, 0.3) is 0 Å². The van der Waals surface area contributed by atoms with Crippen molar-refractivity contribution in [2.45, 2.75) is 37.8 Å². The summed E-state index contributed by atoms with van der Waals surface area (Å²) < 4.78 is 5.21. The van der Waals surface area contributed by atoms with E-state index in [0.717, 1.165) is 42.3 Å². The molecular weight excluding hydrogens is 398 g/mol. The maximum absolute atomic E-state index is 12.5. The molecule has 1 saturated heterocycles. The van der Waals surface area contributed by atoms with E-state index in [0.29, 0.717) is 5.56 Å². The van der Waals surface area contributed by atoms with Crippen LogP contribution in [-0.2, 0) is 4.79 Å². The molecule has 0 saturated carbocycles. The first-order valence-electron chi connectivity index (χ1n) is 10.3. The zero-order valence-electron chi connectivity index (χ0n) is 17.8. The van der Waals surface area contributed by atoms with E-state index in [9.17, 15) is 9.59 Å². The van der Waals surface area contributed by atoms with Crippen LogP contribution < -0.4 is 10.1 Å². The summed E-state index contributed by atoms with van der Waals surface area (Å²) in [5.74, 6) is 1.30. The molecule has 2 aromatic rings. The van der Waals surface area contributed by atoms with Gasteiger partial charge in [0.2, 0.25) is 5.91 Å². The van der Waals surface area contributed by atoms with Crippen LogP contribution in [0, 0.1) is 5.92 Å². The number of aromatic nitrogens is 1. The summed E-state index contributed by atoms with van der Waals surface area (Å²) in [6, 6.07) is 11.3. The smallest absolute Gasteiger partial charge is 0.255 e. The highest BCUT2D eigenvalue weighted by atomic mass is 32.2. The number of hydrogen-bond acceptors (Lipinski definition) is 5. The van der Waals surface area contributed by atoms with Gasteiger partial charge in [-0.3, -0.25) is 9.59 Å². The summed E-state index contributed by atoms with van der Waals surface area (Å²) in [7, 11) is 1.64. The van der Waals surface area contributed by atoms with E-state index in [1.807, 2.05) is 35.2 Å². The fraction of sp³-hybridized carbons (Fsp3) is 0.435. The average molecular weight is 428 g/mol. The Morgan fingerprint density at radius 1 is 1.13 bits per heavy atom. The van der Waals surface area contributed by atoms with Gasteiger partial charge < -0.3 is 15.0 Å². The van der Waals surface area contributed by atoms with Crippen LogP contribution in [0.3, 0.4) is 0 Å². The maximum atomic E-state index is 12.5. The van der Waals surface area contributed by atoms with Gasteiger partial charge in [-0.25, -0.2) is 4.98 Å². The minimum atomic E-state index is -0.0718. The number of nitrogens with zero attached hydrogens (tertiary/aromatic N) is 2. The molecule has 1 aromatic carbocycles. The number of ether oxygens (including phenoxy) is 1. The third-order valence-electron chi connectivity index (χ3n) is 5.19. The zero-order chi connectivity index (χ0) is 21.5. The van der Waals surface area contributed by atoms with Gasteiger partial charge in [-0.05, 0) is 48.6 Å². The summed E-state index contributed by atoms with van der Waals surface area (Å²) >= 11 is 1.37. The van der Waals surface area contributed by atoms with Crippen LogP contribution in [0.2, 0.25) is 0 Å². The van der Waals surface area contributed by atoms with Gasteiger partial charge in [-0.15, -0.1) is 0 Å². The highest BCUT2D eigenvalue weighted by molar-refractivity contribution is 7.99. The van der Waals surface area contributed by atoms with Crippen LogP contribution in [0.1, 0.15) is 48.7 Å². The number of thioether (sulfide) groups is 1. The lowest BCUT2D eigenvalue weighted by Crippen LogP contribution is -2.33. The lowest BCUT2D eigenvalue weighted by molar-refractivity contribution is -0.119. The molecule has 1 fully saturated rings. The van der Waals surface area contributed by atoms with Crippen molar-refractivity contribution in [3.63, 3.8) is 0 Å². The van der Waals surface area contributed by atoms with E-state index in [2.05, 4.69) is 24.1 Å².